The monoisotopic (exact) mass is 256 g/mol. The van der Waals surface area contributed by atoms with Crippen molar-refractivity contribution >= 4 is 0 Å². The van der Waals surface area contributed by atoms with Crippen molar-refractivity contribution in [2.45, 2.75) is 37.5 Å². The van der Waals surface area contributed by atoms with E-state index in [1.807, 2.05) is 30.3 Å². The normalized spacial score (nSPS) is 36.6. The van der Waals surface area contributed by atoms with Crippen molar-refractivity contribution in [3.05, 3.63) is 35.9 Å². The van der Waals surface area contributed by atoms with Crippen molar-refractivity contribution in [3.63, 3.8) is 0 Å². The van der Waals surface area contributed by atoms with Crippen molar-refractivity contribution in [1.29, 1.82) is 0 Å². The first-order valence-electron chi connectivity index (χ1n) is 5.63. The van der Waals surface area contributed by atoms with E-state index < -0.39 is 30.9 Å². The smallest absolute Gasteiger partial charge is 0.189 e. The van der Waals surface area contributed by atoms with Crippen LogP contribution in [0.15, 0.2) is 30.3 Å². The molecule has 1 aromatic carbocycles. The van der Waals surface area contributed by atoms with Gasteiger partial charge in [0, 0.05) is 0 Å². The second-order valence-electron chi connectivity index (χ2n) is 4.16. The zero-order valence-electron chi connectivity index (χ0n) is 9.59. The van der Waals surface area contributed by atoms with Gasteiger partial charge >= 0.3 is 0 Å². The van der Waals surface area contributed by atoms with Crippen LogP contribution in [0.2, 0.25) is 0 Å². The Morgan fingerprint density at radius 2 is 1.61 bits per heavy atom. The van der Waals surface area contributed by atoms with Crippen molar-refractivity contribution in [2.75, 3.05) is 0 Å². The van der Waals surface area contributed by atoms with Crippen molar-refractivity contribution in [1.82, 2.24) is 0 Å². The Morgan fingerprint density at radius 1 is 0.944 bits per heavy atom. The quantitative estimate of drug-likeness (QED) is 0.551. The molecule has 6 heteroatoms. The average Bonchev–Trinajstić information content (AvgIpc) is 2.40. The molecule has 6 nitrogen and oxygen atoms in total. The summed E-state index contributed by atoms with van der Waals surface area (Å²) in [5.41, 5.74) is 0.864. The van der Waals surface area contributed by atoms with Crippen LogP contribution in [0, 0.1) is 0 Å². The Balaban J connectivity index is 1.93. The van der Waals surface area contributed by atoms with E-state index in [0.29, 0.717) is 0 Å². The van der Waals surface area contributed by atoms with Gasteiger partial charge in [-0.1, -0.05) is 30.3 Å². The molecule has 1 saturated heterocycles. The maximum Gasteiger partial charge on any atom is 0.189 e. The number of ether oxygens (including phenoxy) is 2. The molecule has 0 aromatic heterocycles. The van der Waals surface area contributed by atoms with Crippen LogP contribution >= 0.6 is 0 Å². The minimum absolute atomic E-state index is 0.165. The SMILES string of the molecule is OC1OC(OCc2ccccc2)C(O)C(O)C1O. The van der Waals surface area contributed by atoms with Crippen LogP contribution in [0.3, 0.4) is 0 Å². The highest BCUT2D eigenvalue weighted by Crippen LogP contribution is 2.21. The highest BCUT2D eigenvalue weighted by Gasteiger charge is 2.43. The number of benzene rings is 1. The van der Waals surface area contributed by atoms with E-state index in [9.17, 15) is 20.4 Å². The maximum absolute atomic E-state index is 9.63. The summed E-state index contributed by atoms with van der Waals surface area (Å²) >= 11 is 0. The predicted octanol–water partition coefficient (Wildman–Crippen LogP) is -1.04. The molecule has 0 radical (unpaired) electrons. The Kier molecular flexibility index (Phi) is 4.28. The molecule has 100 valence electrons. The Morgan fingerprint density at radius 3 is 2.28 bits per heavy atom. The molecule has 1 aliphatic heterocycles. The van der Waals surface area contributed by atoms with Crippen molar-refractivity contribution in [2.24, 2.45) is 0 Å². The number of aliphatic hydroxyl groups is 4. The standard InChI is InChI=1S/C12H16O6/c13-8-9(14)11(16)18-12(10(8)15)17-6-7-4-2-1-3-5-7/h1-5,8-16H,6H2. The fourth-order valence-electron chi connectivity index (χ4n) is 1.72. The van der Waals surface area contributed by atoms with Gasteiger partial charge in [-0.3, -0.25) is 0 Å². The van der Waals surface area contributed by atoms with Gasteiger partial charge in [0.15, 0.2) is 12.6 Å². The highest BCUT2D eigenvalue weighted by molar-refractivity contribution is 5.13. The molecule has 1 heterocycles. The Labute approximate surface area is 104 Å². The van der Waals surface area contributed by atoms with Gasteiger partial charge in [0.2, 0.25) is 0 Å². The molecule has 1 fully saturated rings. The van der Waals surface area contributed by atoms with E-state index in [4.69, 9.17) is 9.47 Å². The number of aliphatic hydroxyl groups excluding tert-OH is 4. The molecular formula is C12H16O6. The summed E-state index contributed by atoms with van der Waals surface area (Å²) in [7, 11) is 0. The predicted molar refractivity (Wildman–Crippen MR) is 60.1 cm³/mol. The summed E-state index contributed by atoms with van der Waals surface area (Å²) in [4.78, 5) is 0. The first-order valence-corrected chi connectivity index (χ1v) is 5.63. The highest BCUT2D eigenvalue weighted by atomic mass is 16.7. The number of rotatable bonds is 3. The van der Waals surface area contributed by atoms with E-state index in [0.717, 1.165) is 5.56 Å². The average molecular weight is 256 g/mol. The largest absolute Gasteiger partial charge is 0.387 e. The van der Waals surface area contributed by atoms with Crippen LogP contribution in [0.25, 0.3) is 0 Å². The van der Waals surface area contributed by atoms with Crippen LogP contribution in [0.4, 0.5) is 0 Å². The summed E-state index contributed by atoms with van der Waals surface area (Å²) in [6.07, 6.45) is -7.22. The van der Waals surface area contributed by atoms with E-state index >= 15 is 0 Å². The van der Waals surface area contributed by atoms with Crippen molar-refractivity contribution in [3.8, 4) is 0 Å². The van der Waals surface area contributed by atoms with Crippen molar-refractivity contribution < 1.29 is 29.9 Å². The molecule has 0 spiro atoms. The zero-order valence-corrected chi connectivity index (χ0v) is 9.59. The summed E-state index contributed by atoms with van der Waals surface area (Å²) in [6, 6.07) is 9.20. The van der Waals surface area contributed by atoms with E-state index in [1.54, 1.807) is 0 Å². The van der Waals surface area contributed by atoms with Crippen LogP contribution in [-0.4, -0.2) is 51.3 Å². The second-order valence-corrected chi connectivity index (χ2v) is 4.16. The number of hydrogen-bond donors (Lipinski definition) is 4. The third-order valence-electron chi connectivity index (χ3n) is 2.80. The number of hydrogen-bond acceptors (Lipinski definition) is 6. The molecule has 1 aromatic rings. The first kappa shape index (κ1) is 13.4. The van der Waals surface area contributed by atoms with Gasteiger partial charge in [-0.2, -0.15) is 0 Å². The molecule has 0 amide bonds. The molecule has 1 aliphatic rings. The van der Waals surface area contributed by atoms with E-state index in [2.05, 4.69) is 0 Å². The third kappa shape index (κ3) is 2.86. The van der Waals surface area contributed by atoms with Gasteiger partial charge in [-0.25, -0.2) is 0 Å². The lowest BCUT2D eigenvalue weighted by atomic mass is 10.0. The third-order valence-corrected chi connectivity index (χ3v) is 2.80. The lowest BCUT2D eigenvalue weighted by molar-refractivity contribution is -0.342. The molecule has 18 heavy (non-hydrogen) atoms. The second kappa shape index (κ2) is 5.75. The molecule has 4 N–H and O–H groups in total. The van der Waals surface area contributed by atoms with Gasteiger partial charge < -0.3 is 29.9 Å². The molecule has 0 saturated carbocycles. The molecule has 2 rings (SSSR count). The van der Waals surface area contributed by atoms with Crippen LogP contribution in [0.1, 0.15) is 5.56 Å². The van der Waals surface area contributed by atoms with Crippen LogP contribution in [0.5, 0.6) is 0 Å². The topological polar surface area (TPSA) is 99.4 Å². The van der Waals surface area contributed by atoms with E-state index in [1.165, 1.54) is 0 Å². The maximum atomic E-state index is 9.63. The molecule has 0 bridgehead atoms. The summed E-state index contributed by atoms with van der Waals surface area (Å²) in [6.45, 7) is 0.165. The van der Waals surface area contributed by atoms with Gasteiger partial charge in [0.25, 0.3) is 0 Å². The molecule has 5 unspecified atom stereocenters. The van der Waals surface area contributed by atoms with E-state index in [-0.39, 0.29) is 6.61 Å². The fraction of sp³-hybridized carbons (Fsp3) is 0.500. The first-order chi connectivity index (χ1) is 8.59. The van der Waals surface area contributed by atoms with Gasteiger partial charge in [0.1, 0.15) is 18.3 Å². The van der Waals surface area contributed by atoms with Gasteiger partial charge in [0.05, 0.1) is 6.61 Å². The molecule has 0 aliphatic carbocycles. The molecule has 5 atom stereocenters. The fourth-order valence-corrected chi connectivity index (χ4v) is 1.72. The lowest BCUT2D eigenvalue weighted by Crippen LogP contribution is -2.58. The minimum Gasteiger partial charge on any atom is -0.387 e. The summed E-state index contributed by atoms with van der Waals surface area (Å²) in [5.74, 6) is 0. The summed E-state index contributed by atoms with van der Waals surface area (Å²) < 4.78 is 10.1. The van der Waals surface area contributed by atoms with Gasteiger partial charge in [-0.05, 0) is 5.56 Å². The zero-order chi connectivity index (χ0) is 13.1. The lowest BCUT2D eigenvalue weighted by Gasteiger charge is -2.37. The molecular weight excluding hydrogens is 240 g/mol. The van der Waals surface area contributed by atoms with Crippen LogP contribution < -0.4 is 0 Å². The Bertz CT molecular complexity index is 370. The van der Waals surface area contributed by atoms with Gasteiger partial charge in [-0.15, -0.1) is 0 Å². The van der Waals surface area contributed by atoms with Crippen LogP contribution in [-0.2, 0) is 16.1 Å². The minimum atomic E-state index is -1.58. The Hall–Kier alpha value is -1.02. The summed E-state index contributed by atoms with van der Waals surface area (Å²) in [5, 5.41) is 37.7.